The van der Waals surface area contributed by atoms with Crippen LogP contribution in [0.25, 0.3) is 5.57 Å². The average molecular weight is 440 g/mol. The van der Waals surface area contributed by atoms with Crippen molar-refractivity contribution in [3.63, 3.8) is 0 Å². The Balaban J connectivity index is 1.47. The van der Waals surface area contributed by atoms with Crippen molar-refractivity contribution < 1.29 is 19.1 Å². The Morgan fingerprint density at radius 1 is 1.16 bits per heavy atom. The highest BCUT2D eigenvalue weighted by Gasteiger charge is 2.40. The third kappa shape index (κ3) is 5.12. The topological polar surface area (TPSA) is 56.8 Å². The SMILES string of the molecule is COC=C(C(=O)OC)c1ccccc1CONC(=C1C[C@H]1c1cccc(Cl)c1)C1CC1. The molecule has 0 aromatic heterocycles. The summed E-state index contributed by atoms with van der Waals surface area (Å²) in [6.07, 6.45) is 4.78. The summed E-state index contributed by atoms with van der Waals surface area (Å²) in [5.41, 5.74) is 9.02. The molecule has 0 bridgehead atoms. The van der Waals surface area contributed by atoms with Crippen molar-refractivity contribution in [2.24, 2.45) is 5.92 Å². The maximum atomic E-state index is 12.2. The summed E-state index contributed by atoms with van der Waals surface area (Å²) in [6, 6.07) is 15.6. The number of carbonyl (C=O) groups excluding carboxylic acids is 1. The number of carbonyl (C=O) groups is 1. The first-order valence-electron chi connectivity index (χ1n) is 10.4. The Morgan fingerprint density at radius 2 is 1.97 bits per heavy atom. The fourth-order valence-electron chi connectivity index (χ4n) is 3.83. The van der Waals surface area contributed by atoms with Gasteiger partial charge < -0.3 is 9.47 Å². The molecule has 4 rings (SSSR count). The normalized spacial score (nSPS) is 19.6. The minimum absolute atomic E-state index is 0.305. The van der Waals surface area contributed by atoms with E-state index in [0.29, 0.717) is 24.0 Å². The number of hydrogen-bond donors (Lipinski definition) is 1. The van der Waals surface area contributed by atoms with E-state index in [2.05, 4.69) is 11.5 Å². The number of esters is 1. The second-order valence-corrected chi connectivity index (χ2v) is 8.27. The van der Waals surface area contributed by atoms with Gasteiger partial charge in [0.25, 0.3) is 0 Å². The number of benzene rings is 2. The molecule has 0 amide bonds. The van der Waals surface area contributed by atoms with Gasteiger partial charge in [-0.2, -0.15) is 0 Å². The minimum atomic E-state index is -0.453. The maximum absolute atomic E-state index is 12.2. The van der Waals surface area contributed by atoms with E-state index < -0.39 is 5.97 Å². The van der Waals surface area contributed by atoms with Gasteiger partial charge in [0, 0.05) is 22.6 Å². The summed E-state index contributed by atoms with van der Waals surface area (Å²) in [7, 11) is 2.86. The largest absolute Gasteiger partial charge is 0.503 e. The summed E-state index contributed by atoms with van der Waals surface area (Å²) in [4.78, 5) is 18.1. The summed E-state index contributed by atoms with van der Waals surface area (Å²) < 4.78 is 9.98. The first kappa shape index (κ1) is 21.5. The molecule has 2 fully saturated rings. The number of hydrogen-bond acceptors (Lipinski definition) is 5. The molecule has 2 aliphatic carbocycles. The van der Waals surface area contributed by atoms with Gasteiger partial charge in [-0.05, 0) is 53.7 Å². The Kier molecular flexibility index (Phi) is 6.64. The van der Waals surface area contributed by atoms with Gasteiger partial charge in [0.05, 0.1) is 20.5 Å². The van der Waals surface area contributed by atoms with Crippen LogP contribution >= 0.6 is 11.6 Å². The summed E-state index contributed by atoms with van der Waals surface area (Å²) in [5, 5.41) is 0.767. The average Bonchev–Trinajstić information content (AvgIpc) is 3.69. The zero-order valence-electron chi connectivity index (χ0n) is 17.7. The smallest absolute Gasteiger partial charge is 0.341 e. The van der Waals surface area contributed by atoms with Crippen LogP contribution in [-0.2, 0) is 25.7 Å². The van der Waals surface area contributed by atoms with Gasteiger partial charge in [0.2, 0.25) is 0 Å². The monoisotopic (exact) mass is 439 g/mol. The predicted molar refractivity (Wildman–Crippen MR) is 120 cm³/mol. The van der Waals surface area contributed by atoms with Crippen molar-refractivity contribution in [1.29, 1.82) is 0 Å². The lowest BCUT2D eigenvalue weighted by Crippen LogP contribution is -2.17. The fourth-order valence-corrected chi connectivity index (χ4v) is 4.03. The number of ether oxygens (including phenoxy) is 2. The van der Waals surface area contributed by atoms with Crippen molar-refractivity contribution in [3.05, 3.63) is 87.8 Å². The van der Waals surface area contributed by atoms with Crippen molar-refractivity contribution in [1.82, 2.24) is 5.48 Å². The van der Waals surface area contributed by atoms with Gasteiger partial charge >= 0.3 is 5.97 Å². The van der Waals surface area contributed by atoms with Crippen molar-refractivity contribution in [3.8, 4) is 0 Å². The van der Waals surface area contributed by atoms with Gasteiger partial charge in [-0.1, -0.05) is 48.0 Å². The molecule has 1 N–H and O–H groups in total. The molecule has 0 saturated heterocycles. The zero-order chi connectivity index (χ0) is 21.8. The molecule has 2 saturated carbocycles. The number of methoxy groups -OCH3 is 2. The van der Waals surface area contributed by atoms with Crippen LogP contribution in [0, 0.1) is 5.92 Å². The third-order valence-corrected chi connectivity index (χ3v) is 5.86. The third-order valence-electron chi connectivity index (χ3n) is 5.63. The summed E-state index contributed by atoms with van der Waals surface area (Å²) in [6.45, 7) is 0.305. The van der Waals surface area contributed by atoms with Crippen LogP contribution < -0.4 is 5.48 Å². The van der Waals surface area contributed by atoms with Gasteiger partial charge in [0.1, 0.15) is 12.2 Å². The van der Waals surface area contributed by atoms with Crippen LogP contribution in [0.2, 0.25) is 5.02 Å². The van der Waals surface area contributed by atoms with Crippen LogP contribution in [-0.4, -0.2) is 20.2 Å². The molecule has 0 heterocycles. The van der Waals surface area contributed by atoms with E-state index in [4.69, 9.17) is 25.9 Å². The van der Waals surface area contributed by atoms with Crippen LogP contribution in [0.15, 0.2) is 66.1 Å². The van der Waals surface area contributed by atoms with Crippen molar-refractivity contribution in [2.75, 3.05) is 14.2 Å². The van der Waals surface area contributed by atoms with Crippen LogP contribution in [0.4, 0.5) is 0 Å². The highest BCUT2D eigenvalue weighted by Crippen LogP contribution is 2.53. The fraction of sp³-hybridized carbons (Fsp3) is 0.320. The predicted octanol–water partition coefficient (Wildman–Crippen LogP) is 5.37. The number of hydroxylamine groups is 1. The number of halogens is 1. The zero-order valence-corrected chi connectivity index (χ0v) is 18.4. The lowest BCUT2D eigenvalue weighted by atomic mass is 10.0. The molecule has 6 heteroatoms. The van der Waals surface area contributed by atoms with E-state index in [1.165, 1.54) is 50.2 Å². The second-order valence-electron chi connectivity index (χ2n) is 7.83. The Morgan fingerprint density at radius 3 is 2.68 bits per heavy atom. The molecule has 2 aromatic carbocycles. The molecular weight excluding hydrogens is 414 g/mol. The number of rotatable bonds is 9. The van der Waals surface area contributed by atoms with E-state index >= 15 is 0 Å². The van der Waals surface area contributed by atoms with E-state index in [0.717, 1.165) is 22.6 Å². The second kappa shape index (κ2) is 9.58. The van der Waals surface area contributed by atoms with E-state index in [1.807, 2.05) is 42.5 Å². The standard InChI is InChI=1S/C25H26ClNO4/c1-29-15-23(25(28)30-2)20-9-4-3-6-18(20)14-31-27-24(16-10-11-16)22-13-21(22)17-7-5-8-19(26)12-17/h3-9,12,15-16,21,27H,10-11,13-14H2,1-2H3/t21-/m0/s1. The molecule has 5 nitrogen and oxygen atoms in total. The van der Waals surface area contributed by atoms with E-state index in [-0.39, 0.29) is 0 Å². The van der Waals surface area contributed by atoms with Gasteiger partial charge in [-0.25, -0.2) is 4.79 Å². The minimum Gasteiger partial charge on any atom is -0.503 e. The Bertz CT molecular complexity index is 1030. The van der Waals surface area contributed by atoms with E-state index in [9.17, 15) is 4.79 Å². The molecule has 1 atom stereocenters. The van der Waals surface area contributed by atoms with Gasteiger partial charge in [-0.15, -0.1) is 0 Å². The molecule has 0 unspecified atom stereocenters. The quantitative estimate of drug-likeness (QED) is 0.246. The van der Waals surface area contributed by atoms with Crippen LogP contribution in [0.1, 0.15) is 41.9 Å². The molecule has 2 aliphatic rings. The van der Waals surface area contributed by atoms with Crippen molar-refractivity contribution >= 4 is 23.1 Å². The summed E-state index contributed by atoms with van der Waals surface area (Å²) in [5.74, 6) is 0.493. The maximum Gasteiger partial charge on any atom is 0.341 e. The molecule has 0 spiro atoms. The van der Waals surface area contributed by atoms with Crippen LogP contribution in [0.3, 0.4) is 0 Å². The molecule has 0 radical (unpaired) electrons. The molecule has 2 aromatic rings. The van der Waals surface area contributed by atoms with Crippen LogP contribution in [0.5, 0.6) is 0 Å². The lowest BCUT2D eigenvalue weighted by Gasteiger charge is -2.14. The summed E-state index contributed by atoms with van der Waals surface area (Å²) >= 11 is 6.16. The molecule has 162 valence electrons. The lowest BCUT2D eigenvalue weighted by molar-refractivity contribution is -0.133. The Labute approximate surface area is 187 Å². The molecular formula is C25H26ClNO4. The first-order valence-corrected chi connectivity index (χ1v) is 10.8. The first-order chi connectivity index (χ1) is 15.1. The molecule has 0 aliphatic heterocycles. The van der Waals surface area contributed by atoms with Gasteiger partial charge in [-0.3, -0.25) is 10.3 Å². The highest BCUT2D eigenvalue weighted by atomic mass is 35.5. The van der Waals surface area contributed by atoms with E-state index in [1.54, 1.807) is 0 Å². The number of nitrogens with one attached hydrogen (secondary N) is 1. The van der Waals surface area contributed by atoms with Gasteiger partial charge in [0.15, 0.2) is 0 Å². The Hall–Kier alpha value is -2.76. The van der Waals surface area contributed by atoms with Crippen molar-refractivity contribution in [2.45, 2.75) is 31.8 Å². The highest BCUT2D eigenvalue weighted by molar-refractivity contribution is 6.30. The molecule has 31 heavy (non-hydrogen) atoms. The number of allylic oxidation sites excluding steroid dienone is 2.